The van der Waals surface area contributed by atoms with Gasteiger partial charge in [0.2, 0.25) is 41.5 Å². The van der Waals surface area contributed by atoms with E-state index in [1.165, 1.54) is 6.92 Å². The number of Topliss-reactive ketones (excluding diaryl/α,β-unsaturated/α-hetero) is 2. The third-order valence-corrected chi connectivity index (χ3v) is 12.6. The Labute approximate surface area is 607 Å². The fraction of sp³-hybridized carbons (Fsp3) is 0.746. The van der Waals surface area contributed by atoms with Crippen molar-refractivity contribution < 1.29 is 172 Å². The number of hydrogen-bond donors (Lipinski definition) is 8. The van der Waals surface area contributed by atoms with Crippen molar-refractivity contribution in [1.29, 1.82) is 0 Å². The van der Waals surface area contributed by atoms with Crippen LogP contribution in [0, 0.1) is 5.92 Å². The SMILES string of the molecule is COCCOCOCOCOCOCOCOCOCOCOCOCOCOCOCOCOCOCOCOCOCOCOCCOCCC(=O)CCCCCC(NC(=O)CCC(=O)NCC(=O)NC(CC(C)C)C(=O)NC(Cc1ccccc1)C(=O)NCC(=O)NC(C(=O)O)C(=O)O)C(C)=O. The minimum atomic E-state index is -2.27. The summed E-state index contributed by atoms with van der Waals surface area (Å²) >= 11 is 0. The second-order valence-corrected chi connectivity index (χ2v) is 21.8. The maximum atomic E-state index is 13.6. The largest absolute Gasteiger partial charge is 0.479 e. The Morgan fingerprint density at radius 3 is 1.15 bits per heavy atom. The lowest BCUT2D eigenvalue weighted by Crippen LogP contribution is -2.56. The van der Waals surface area contributed by atoms with E-state index < -0.39 is 84.6 Å². The Hall–Kier alpha value is -6.64. The summed E-state index contributed by atoms with van der Waals surface area (Å²) in [5.74, 6) is -8.90. The third-order valence-electron chi connectivity index (χ3n) is 12.6. The van der Waals surface area contributed by atoms with Crippen molar-refractivity contribution in [3.8, 4) is 0 Å². The molecule has 0 saturated carbocycles. The van der Waals surface area contributed by atoms with Crippen LogP contribution in [0.15, 0.2) is 30.3 Å². The van der Waals surface area contributed by atoms with Crippen molar-refractivity contribution in [3.63, 3.8) is 0 Å². The van der Waals surface area contributed by atoms with E-state index in [0.717, 1.165) is 0 Å². The van der Waals surface area contributed by atoms with Crippen LogP contribution in [0.2, 0.25) is 0 Å². The van der Waals surface area contributed by atoms with Crippen molar-refractivity contribution in [2.24, 2.45) is 5.92 Å². The Morgan fingerprint density at radius 2 is 0.743 bits per heavy atom. The molecule has 105 heavy (non-hydrogen) atoms. The van der Waals surface area contributed by atoms with Crippen LogP contribution in [0.1, 0.15) is 84.1 Å². The predicted molar refractivity (Wildman–Crippen MR) is 350 cm³/mol. The minimum Gasteiger partial charge on any atom is -0.479 e. The first-order chi connectivity index (χ1) is 50.9. The summed E-state index contributed by atoms with van der Waals surface area (Å²) in [6, 6.07) is 2.85. The molecule has 6 amide bonds. The molecule has 0 fully saturated rings. The zero-order chi connectivity index (χ0) is 76.9. The van der Waals surface area contributed by atoms with Crippen molar-refractivity contribution in [2.45, 2.75) is 109 Å². The topological polar surface area (TPSA) is 505 Å². The molecule has 0 spiro atoms. The summed E-state index contributed by atoms with van der Waals surface area (Å²) in [6.07, 6.45) is 1.91. The fourth-order valence-electron chi connectivity index (χ4n) is 7.71. The molecule has 1 rings (SSSR count). The molecule has 0 bridgehead atoms. The van der Waals surface area contributed by atoms with Crippen LogP contribution in [-0.2, 0) is 168 Å². The number of nitrogens with one attached hydrogen (secondary N) is 6. The molecule has 0 aliphatic rings. The monoisotopic (exact) mass is 1520 g/mol. The molecule has 1 aromatic rings. The number of ether oxygens (including phenoxy) is 24. The van der Waals surface area contributed by atoms with Gasteiger partial charge in [-0.05, 0) is 37.7 Å². The molecule has 0 radical (unpaired) electrons. The number of carboxylic acid groups (broad SMARTS) is 2. The zero-order valence-electron chi connectivity index (χ0n) is 59.9. The molecule has 3 atom stereocenters. The Bertz CT molecular complexity index is 2420. The smallest absolute Gasteiger partial charge is 0.338 e. The first kappa shape index (κ1) is 96.4. The van der Waals surface area contributed by atoms with E-state index >= 15 is 0 Å². The van der Waals surface area contributed by atoms with E-state index in [2.05, 4.69) is 26.6 Å². The molecular weight excluding hydrogens is 1420 g/mol. The zero-order valence-corrected chi connectivity index (χ0v) is 59.9. The molecule has 42 heteroatoms. The van der Waals surface area contributed by atoms with E-state index in [4.69, 9.17) is 124 Å². The van der Waals surface area contributed by atoms with Gasteiger partial charge in [0.15, 0.2) is 135 Å². The van der Waals surface area contributed by atoms with Crippen LogP contribution < -0.4 is 31.9 Å². The average molecular weight is 1520 g/mol. The molecule has 0 aliphatic carbocycles. The highest BCUT2D eigenvalue weighted by molar-refractivity contribution is 6.01. The number of aliphatic carboxylic acids is 2. The Kier molecular flexibility index (Phi) is 63.4. The highest BCUT2D eigenvalue weighted by atomic mass is 16.9. The quantitative estimate of drug-likeness (QED) is 0.0221. The second-order valence-electron chi connectivity index (χ2n) is 21.8. The summed E-state index contributed by atoms with van der Waals surface area (Å²) in [4.78, 5) is 125. The van der Waals surface area contributed by atoms with Crippen LogP contribution in [-0.4, -0.2) is 289 Å². The van der Waals surface area contributed by atoms with Crippen LogP contribution in [0.3, 0.4) is 0 Å². The molecule has 0 aromatic heterocycles. The van der Waals surface area contributed by atoms with Gasteiger partial charge in [0.05, 0.1) is 52.2 Å². The lowest BCUT2D eigenvalue weighted by atomic mass is 10.0. The van der Waals surface area contributed by atoms with E-state index in [0.29, 0.717) is 50.9 Å². The molecule has 0 saturated heterocycles. The molecule has 1 aromatic carbocycles. The number of ketones is 2. The van der Waals surface area contributed by atoms with Crippen molar-refractivity contribution in [2.75, 3.05) is 196 Å². The Balaban J connectivity index is 1.98. The van der Waals surface area contributed by atoms with Crippen molar-refractivity contribution in [1.82, 2.24) is 31.9 Å². The minimum absolute atomic E-state index is 0.00204. The van der Waals surface area contributed by atoms with Gasteiger partial charge in [-0.2, -0.15) is 0 Å². The van der Waals surface area contributed by atoms with E-state index in [1.54, 1.807) is 56.6 Å². The lowest BCUT2D eigenvalue weighted by Gasteiger charge is -2.24. The molecule has 0 heterocycles. The first-order valence-electron chi connectivity index (χ1n) is 32.9. The average Bonchev–Trinajstić information content (AvgIpc) is 0.869. The lowest BCUT2D eigenvalue weighted by molar-refractivity contribution is -0.242. The van der Waals surface area contributed by atoms with Gasteiger partial charge in [-0.1, -0.05) is 57.0 Å². The number of methoxy groups -OCH3 is 1. The normalized spacial score (nSPS) is 12.2. The van der Waals surface area contributed by atoms with Gasteiger partial charge >= 0.3 is 11.9 Å². The highest BCUT2D eigenvalue weighted by Gasteiger charge is 2.31. The number of benzene rings is 1. The van der Waals surface area contributed by atoms with Crippen LogP contribution >= 0.6 is 0 Å². The summed E-state index contributed by atoms with van der Waals surface area (Å²) in [5, 5.41) is 32.3. The van der Waals surface area contributed by atoms with E-state index in [9.17, 15) is 47.9 Å². The van der Waals surface area contributed by atoms with Gasteiger partial charge in [0, 0.05) is 39.2 Å². The number of carbonyl (C=O) groups excluding carboxylic acids is 8. The Morgan fingerprint density at radius 1 is 0.362 bits per heavy atom. The number of carboxylic acids is 2. The highest BCUT2D eigenvalue weighted by Crippen LogP contribution is 2.11. The molecule has 0 aliphatic heterocycles. The first-order valence-corrected chi connectivity index (χ1v) is 32.9. The molecule has 604 valence electrons. The van der Waals surface area contributed by atoms with Crippen molar-refractivity contribution in [3.05, 3.63) is 35.9 Å². The summed E-state index contributed by atoms with van der Waals surface area (Å²) in [6.45, 7) is 3.29. The number of carbonyl (C=O) groups is 10. The van der Waals surface area contributed by atoms with E-state index in [-0.39, 0.29) is 212 Å². The second kappa shape index (κ2) is 69.1. The van der Waals surface area contributed by atoms with Crippen LogP contribution in [0.4, 0.5) is 0 Å². The van der Waals surface area contributed by atoms with E-state index in [1.807, 2.05) is 0 Å². The summed E-state index contributed by atoms with van der Waals surface area (Å²) in [7, 11) is 1.58. The standard InChI is InChI=1S/C63H106N6O36/c1-48(2)23-53(61(77)68-54(24-50-11-7-5-8-12-50)60(76)65-26-58(75)69-59(62(78)79)63(80)81)67-57(74)25-64-55(72)15-16-56(73)66-52(49(3)70)14-10-6-9-13-51(71)17-18-83-21-22-85-28-87-30-89-32-91-34-93-36-95-38-97-40-99-42-101-44-103-46-105-47-104-45-102-43-100-41-98-39-96-37-94-35-92-33-90-31-88-29-86-27-84-20-19-82-4/h5,7-8,11-12,48,52-54,59H,6,9-10,13-47H2,1-4H3,(H,64,72)(H,65,76)(H,66,73)(H,67,74)(H,68,77)(H,69,75)(H,78,79)(H,80,81). The van der Waals surface area contributed by atoms with Gasteiger partial charge in [0.1, 0.15) is 31.5 Å². The maximum absolute atomic E-state index is 13.6. The van der Waals surface area contributed by atoms with Crippen LogP contribution in [0.25, 0.3) is 0 Å². The van der Waals surface area contributed by atoms with Gasteiger partial charge in [0.25, 0.3) is 0 Å². The van der Waals surface area contributed by atoms with Gasteiger partial charge in [-0.25, -0.2) is 9.59 Å². The van der Waals surface area contributed by atoms with Crippen LogP contribution in [0.5, 0.6) is 0 Å². The van der Waals surface area contributed by atoms with Gasteiger partial charge < -0.3 is 156 Å². The van der Waals surface area contributed by atoms with Crippen molar-refractivity contribution >= 4 is 58.9 Å². The summed E-state index contributed by atoms with van der Waals surface area (Å²) < 4.78 is 123. The number of hydrogen-bond acceptors (Lipinski definition) is 34. The van der Waals surface area contributed by atoms with Gasteiger partial charge in [-0.3, -0.25) is 38.4 Å². The fourth-order valence-corrected chi connectivity index (χ4v) is 7.71. The number of rotatable bonds is 77. The third kappa shape index (κ3) is 61.1. The molecular formula is C63H106N6O36. The molecule has 3 unspecified atom stereocenters. The number of amides is 6. The molecule has 8 N–H and O–H groups in total. The summed E-state index contributed by atoms with van der Waals surface area (Å²) in [5.41, 5.74) is 0.602. The molecule has 42 nitrogen and oxygen atoms in total. The number of unbranched alkanes of at least 4 members (excludes halogenated alkanes) is 2. The predicted octanol–water partition coefficient (Wildman–Crippen LogP) is -0.969. The van der Waals surface area contributed by atoms with Gasteiger partial charge in [-0.15, -0.1) is 0 Å². The maximum Gasteiger partial charge on any atom is 0.338 e.